The van der Waals surface area contributed by atoms with Gasteiger partial charge in [0.1, 0.15) is 0 Å². The SMILES string of the molecule is [CH2]C/C=C/C[CH2]. The minimum atomic E-state index is 0.884. The summed E-state index contributed by atoms with van der Waals surface area (Å²) >= 11 is 0. The maximum absolute atomic E-state index is 3.61. The number of hydrogen-bond donors (Lipinski definition) is 0. The Morgan fingerprint density at radius 1 is 1.00 bits per heavy atom. The fourth-order valence-corrected chi connectivity index (χ4v) is 0.236. The Morgan fingerprint density at radius 3 is 1.50 bits per heavy atom. The number of allylic oxidation sites excluding steroid dienone is 2. The lowest BCUT2D eigenvalue weighted by Gasteiger charge is -1.72. The van der Waals surface area contributed by atoms with Crippen LogP contribution in [0.3, 0.4) is 0 Å². The number of rotatable bonds is 2. The molecule has 0 aromatic carbocycles. The average molecular weight is 82.1 g/mol. The first-order valence-electron chi connectivity index (χ1n) is 2.15. The van der Waals surface area contributed by atoms with E-state index in [0.717, 1.165) is 12.8 Å². The van der Waals surface area contributed by atoms with Gasteiger partial charge in [-0.1, -0.05) is 12.2 Å². The summed E-state index contributed by atoms with van der Waals surface area (Å²) < 4.78 is 0. The molecular weight excluding hydrogens is 72.1 g/mol. The van der Waals surface area contributed by atoms with Crippen LogP contribution in [0.2, 0.25) is 0 Å². The summed E-state index contributed by atoms with van der Waals surface area (Å²) in [7, 11) is 0. The zero-order chi connectivity index (χ0) is 4.83. The van der Waals surface area contributed by atoms with Crippen molar-refractivity contribution in [2.75, 3.05) is 0 Å². The van der Waals surface area contributed by atoms with Crippen LogP contribution in [-0.2, 0) is 0 Å². The first-order valence-corrected chi connectivity index (χ1v) is 2.15. The van der Waals surface area contributed by atoms with Gasteiger partial charge in [0.05, 0.1) is 0 Å². The third kappa shape index (κ3) is 3.74. The molecule has 0 aromatic heterocycles. The molecule has 34 valence electrons. The van der Waals surface area contributed by atoms with Crippen LogP contribution < -0.4 is 0 Å². The van der Waals surface area contributed by atoms with Crippen molar-refractivity contribution in [3.63, 3.8) is 0 Å². The van der Waals surface area contributed by atoms with Gasteiger partial charge in [0.15, 0.2) is 0 Å². The molecule has 0 heterocycles. The van der Waals surface area contributed by atoms with Crippen molar-refractivity contribution in [1.29, 1.82) is 0 Å². The molecule has 6 heavy (non-hydrogen) atoms. The topological polar surface area (TPSA) is 0 Å². The van der Waals surface area contributed by atoms with E-state index in [-0.39, 0.29) is 0 Å². The minimum Gasteiger partial charge on any atom is -0.0885 e. The predicted molar refractivity (Wildman–Crippen MR) is 29.1 cm³/mol. The Kier molecular flexibility index (Phi) is 4.53. The molecule has 0 fully saturated rings. The summed E-state index contributed by atoms with van der Waals surface area (Å²) in [4.78, 5) is 0. The van der Waals surface area contributed by atoms with E-state index < -0.39 is 0 Å². The second-order valence-corrected chi connectivity index (χ2v) is 1.05. The predicted octanol–water partition coefficient (Wildman–Crippen LogP) is 1.99. The molecule has 2 radical (unpaired) electrons. The van der Waals surface area contributed by atoms with Gasteiger partial charge in [-0.05, 0) is 26.7 Å². The normalized spacial score (nSPS) is 10.3. The van der Waals surface area contributed by atoms with Crippen LogP contribution in [0.1, 0.15) is 12.8 Å². The minimum absolute atomic E-state index is 0.884. The van der Waals surface area contributed by atoms with Gasteiger partial charge in [-0.3, -0.25) is 0 Å². The molecule has 0 N–H and O–H groups in total. The van der Waals surface area contributed by atoms with Gasteiger partial charge in [0, 0.05) is 0 Å². The van der Waals surface area contributed by atoms with E-state index in [9.17, 15) is 0 Å². The number of hydrogen-bond acceptors (Lipinski definition) is 0. The van der Waals surface area contributed by atoms with Gasteiger partial charge in [0.2, 0.25) is 0 Å². The first-order chi connectivity index (χ1) is 2.91. The summed E-state index contributed by atoms with van der Waals surface area (Å²) in [5, 5.41) is 0. The summed E-state index contributed by atoms with van der Waals surface area (Å²) in [5.41, 5.74) is 0. The van der Waals surface area contributed by atoms with E-state index in [1.165, 1.54) is 0 Å². The quantitative estimate of drug-likeness (QED) is 0.447. The lowest BCUT2D eigenvalue weighted by atomic mass is 10.4. The largest absolute Gasteiger partial charge is 0.0885 e. The lowest BCUT2D eigenvalue weighted by Crippen LogP contribution is -1.52. The Labute approximate surface area is 39.9 Å². The van der Waals surface area contributed by atoms with Crippen LogP contribution in [0.4, 0.5) is 0 Å². The highest BCUT2D eigenvalue weighted by molar-refractivity contribution is 4.82. The molecule has 0 atom stereocenters. The smallest absolute Gasteiger partial charge is 0.0351 e. The van der Waals surface area contributed by atoms with Crippen molar-refractivity contribution < 1.29 is 0 Å². The molecule has 0 aliphatic rings. The van der Waals surface area contributed by atoms with Crippen molar-refractivity contribution in [1.82, 2.24) is 0 Å². The fourth-order valence-electron chi connectivity index (χ4n) is 0.236. The lowest BCUT2D eigenvalue weighted by molar-refractivity contribution is 1.31. The van der Waals surface area contributed by atoms with Crippen LogP contribution in [-0.4, -0.2) is 0 Å². The third-order valence-corrected chi connectivity index (χ3v) is 0.500. The molecule has 0 aliphatic carbocycles. The van der Waals surface area contributed by atoms with Crippen molar-refractivity contribution in [3.05, 3.63) is 26.0 Å². The molecule has 0 nitrogen and oxygen atoms in total. The van der Waals surface area contributed by atoms with Gasteiger partial charge in [-0.15, -0.1) is 0 Å². The molecule has 0 spiro atoms. The molecule has 0 bridgehead atoms. The van der Waals surface area contributed by atoms with Crippen molar-refractivity contribution >= 4 is 0 Å². The van der Waals surface area contributed by atoms with Gasteiger partial charge in [-0.25, -0.2) is 0 Å². The molecule has 0 heteroatoms. The van der Waals surface area contributed by atoms with Crippen LogP contribution in [0.25, 0.3) is 0 Å². The average Bonchev–Trinajstić information content (AvgIpc) is 1.61. The molecule has 0 saturated carbocycles. The van der Waals surface area contributed by atoms with Crippen molar-refractivity contribution in [2.45, 2.75) is 12.8 Å². The molecule has 0 rings (SSSR count). The van der Waals surface area contributed by atoms with E-state index in [1.54, 1.807) is 0 Å². The van der Waals surface area contributed by atoms with Crippen LogP contribution in [0.5, 0.6) is 0 Å². The standard InChI is InChI=1S/C6H10/c1-3-5-6-4-2/h5-6H,1-4H2/b6-5+. The molecule has 0 aliphatic heterocycles. The molecule has 0 saturated heterocycles. The summed E-state index contributed by atoms with van der Waals surface area (Å²) in [6, 6.07) is 0. The third-order valence-electron chi connectivity index (χ3n) is 0.500. The maximum Gasteiger partial charge on any atom is -0.0351 e. The summed E-state index contributed by atoms with van der Waals surface area (Å²) in [6.07, 6.45) is 5.78. The fraction of sp³-hybridized carbons (Fsp3) is 0.333. The van der Waals surface area contributed by atoms with E-state index in [0.29, 0.717) is 0 Å². The summed E-state index contributed by atoms with van der Waals surface area (Å²) in [6.45, 7) is 7.22. The Bertz CT molecular complexity index is 29.3. The highest BCUT2D eigenvalue weighted by atomic mass is 13.7. The Morgan fingerprint density at radius 2 is 1.33 bits per heavy atom. The van der Waals surface area contributed by atoms with Gasteiger partial charge >= 0.3 is 0 Å². The van der Waals surface area contributed by atoms with E-state index in [2.05, 4.69) is 13.8 Å². The van der Waals surface area contributed by atoms with E-state index >= 15 is 0 Å². The van der Waals surface area contributed by atoms with Gasteiger partial charge in [-0.2, -0.15) is 0 Å². The van der Waals surface area contributed by atoms with Crippen LogP contribution in [0.15, 0.2) is 12.2 Å². The van der Waals surface area contributed by atoms with Gasteiger partial charge in [0.25, 0.3) is 0 Å². The second-order valence-electron chi connectivity index (χ2n) is 1.05. The molecule has 0 unspecified atom stereocenters. The summed E-state index contributed by atoms with van der Waals surface area (Å²) in [5.74, 6) is 0. The van der Waals surface area contributed by atoms with Crippen LogP contribution in [0, 0.1) is 13.8 Å². The maximum atomic E-state index is 3.61. The van der Waals surface area contributed by atoms with E-state index in [4.69, 9.17) is 0 Å². The van der Waals surface area contributed by atoms with Crippen LogP contribution >= 0.6 is 0 Å². The van der Waals surface area contributed by atoms with Crippen molar-refractivity contribution in [2.24, 2.45) is 0 Å². The second kappa shape index (κ2) is 4.74. The Balaban J connectivity index is 2.73. The highest BCUT2D eigenvalue weighted by Crippen LogP contribution is 1.80. The Hall–Kier alpha value is -0.260. The molecular formula is C6H10. The zero-order valence-electron chi connectivity index (χ0n) is 3.98. The molecule has 0 amide bonds. The zero-order valence-corrected chi connectivity index (χ0v) is 3.98. The van der Waals surface area contributed by atoms with Gasteiger partial charge < -0.3 is 0 Å². The monoisotopic (exact) mass is 82.1 g/mol. The van der Waals surface area contributed by atoms with E-state index in [1.807, 2.05) is 12.2 Å². The first kappa shape index (κ1) is 5.74. The molecule has 0 aromatic rings. The highest BCUT2D eigenvalue weighted by Gasteiger charge is 1.60. The van der Waals surface area contributed by atoms with Crippen molar-refractivity contribution in [3.8, 4) is 0 Å².